The second-order valence-corrected chi connectivity index (χ2v) is 8.58. The Morgan fingerprint density at radius 3 is 2.46 bits per heavy atom. The standard InChI is InChI=1S/C18H28N4O5S/c23-18(27-16-17-4-2-1-3-5-17)22(11-10-20-8-6-19-7-9-20)28(24,25)21-12-14-26-15-13-21/h1-5,19H,6-16H2. The van der Waals surface area contributed by atoms with Crippen LogP contribution in [0.15, 0.2) is 30.3 Å². The van der Waals surface area contributed by atoms with Crippen LogP contribution in [0.3, 0.4) is 0 Å². The van der Waals surface area contributed by atoms with Gasteiger partial charge in [-0.2, -0.15) is 17.0 Å². The molecule has 1 N–H and O–H groups in total. The molecule has 28 heavy (non-hydrogen) atoms. The van der Waals surface area contributed by atoms with E-state index in [9.17, 15) is 13.2 Å². The lowest BCUT2D eigenvalue weighted by molar-refractivity contribution is 0.0678. The van der Waals surface area contributed by atoms with Gasteiger partial charge in [0.05, 0.1) is 19.8 Å². The van der Waals surface area contributed by atoms with Crippen LogP contribution in [-0.2, 0) is 26.3 Å². The molecule has 3 rings (SSSR count). The van der Waals surface area contributed by atoms with Gasteiger partial charge in [0.2, 0.25) is 0 Å². The number of benzene rings is 1. The molecule has 2 heterocycles. The average Bonchev–Trinajstić information content (AvgIpc) is 2.74. The number of amides is 1. The van der Waals surface area contributed by atoms with Gasteiger partial charge in [-0.05, 0) is 5.56 Å². The van der Waals surface area contributed by atoms with E-state index in [2.05, 4.69) is 10.2 Å². The maximum absolute atomic E-state index is 13.1. The van der Waals surface area contributed by atoms with E-state index >= 15 is 0 Å². The Balaban J connectivity index is 1.67. The predicted molar refractivity (Wildman–Crippen MR) is 104 cm³/mol. The molecule has 0 radical (unpaired) electrons. The Bertz CT molecular complexity index is 719. The second-order valence-electron chi connectivity index (χ2n) is 6.72. The van der Waals surface area contributed by atoms with E-state index in [1.807, 2.05) is 30.3 Å². The molecule has 156 valence electrons. The molecule has 1 aromatic rings. The van der Waals surface area contributed by atoms with Crippen LogP contribution >= 0.6 is 0 Å². The maximum atomic E-state index is 13.1. The highest BCUT2D eigenvalue weighted by atomic mass is 32.2. The third kappa shape index (κ3) is 5.65. The van der Waals surface area contributed by atoms with Crippen molar-refractivity contribution in [3.63, 3.8) is 0 Å². The highest BCUT2D eigenvalue weighted by molar-refractivity contribution is 7.87. The van der Waals surface area contributed by atoms with Crippen molar-refractivity contribution in [3.8, 4) is 0 Å². The van der Waals surface area contributed by atoms with E-state index in [-0.39, 0.29) is 26.2 Å². The lowest BCUT2D eigenvalue weighted by Gasteiger charge is -2.33. The molecule has 0 bridgehead atoms. The first kappa shape index (κ1) is 21.0. The SMILES string of the molecule is O=C(OCc1ccccc1)N(CCN1CCNCC1)S(=O)(=O)N1CCOCC1. The zero-order valence-corrected chi connectivity index (χ0v) is 16.8. The molecule has 2 saturated heterocycles. The third-order valence-electron chi connectivity index (χ3n) is 4.81. The van der Waals surface area contributed by atoms with Gasteiger partial charge in [0.1, 0.15) is 6.61 Å². The van der Waals surface area contributed by atoms with E-state index in [0.29, 0.717) is 19.8 Å². The molecule has 1 amide bonds. The largest absolute Gasteiger partial charge is 0.444 e. The lowest BCUT2D eigenvalue weighted by Crippen LogP contribution is -2.53. The van der Waals surface area contributed by atoms with Gasteiger partial charge in [-0.25, -0.2) is 4.79 Å². The summed E-state index contributed by atoms with van der Waals surface area (Å²) in [5.41, 5.74) is 0.807. The minimum Gasteiger partial charge on any atom is -0.444 e. The summed E-state index contributed by atoms with van der Waals surface area (Å²) in [7, 11) is -3.96. The molecule has 10 heteroatoms. The molecule has 0 atom stereocenters. The molecule has 0 unspecified atom stereocenters. The van der Waals surface area contributed by atoms with Crippen LogP contribution in [0.4, 0.5) is 4.79 Å². The fourth-order valence-electron chi connectivity index (χ4n) is 3.18. The Kier molecular flexibility index (Phi) is 7.63. The van der Waals surface area contributed by atoms with E-state index in [0.717, 1.165) is 36.0 Å². The first-order valence-electron chi connectivity index (χ1n) is 9.57. The van der Waals surface area contributed by atoms with Gasteiger partial charge < -0.3 is 14.8 Å². The van der Waals surface area contributed by atoms with E-state index in [1.54, 1.807) is 0 Å². The summed E-state index contributed by atoms with van der Waals surface area (Å²) < 4.78 is 38.9. The highest BCUT2D eigenvalue weighted by Gasteiger charge is 2.35. The minimum atomic E-state index is -3.96. The number of morpholine rings is 1. The summed E-state index contributed by atoms with van der Waals surface area (Å²) in [6.07, 6.45) is -0.842. The summed E-state index contributed by atoms with van der Waals surface area (Å²) in [5, 5.41) is 3.26. The minimum absolute atomic E-state index is 0.0302. The number of nitrogens with zero attached hydrogens (tertiary/aromatic N) is 3. The molecule has 0 aliphatic carbocycles. The van der Waals surface area contributed by atoms with Crippen molar-refractivity contribution in [1.29, 1.82) is 0 Å². The number of piperazine rings is 1. The number of carbonyl (C=O) groups is 1. The van der Waals surface area contributed by atoms with Crippen LogP contribution in [0.1, 0.15) is 5.56 Å². The molecule has 9 nitrogen and oxygen atoms in total. The van der Waals surface area contributed by atoms with Gasteiger partial charge in [-0.15, -0.1) is 0 Å². The maximum Gasteiger partial charge on any atom is 0.424 e. The number of ether oxygens (including phenoxy) is 2. The summed E-state index contributed by atoms with van der Waals surface area (Å²) in [6.45, 7) is 5.05. The number of hydrogen-bond acceptors (Lipinski definition) is 7. The third-order valence-corrected chi connectivity index (χ3v) is 6.72. The summed E-state index contributed by atoms with van der Waals surface area (Å²) in [4.78, 5) is 14.9. The Labute approximate surface area is 166 Å². The fourth-order valence-corrected chi connectivity index (χ4v) is 4.62. The summed E-state index contributed by atoms with van der Waals surface area (Å²) in [5.74, 6) is 0. The normalized spacial score (nSPS) is 19.3. The highest BCUT2D eigenvalue weighted by Crippen LogP contribution is 2.14. The van der Waals surface area contributed by atoms with Gasteiger partial charge in [0.15, 0.2) is 0 Å². The van der Waals surface area contributed by atoms with E-state index < -0.39 is 16.3 Å². The van der Waals surface area contributed by atoms with Gasteiger partial charge in [-0.1, -0.05) is 30.3 Å². The summed E-state index contributed by atoms with van der Waals surface area (Å²) >= 11 is 0. The van der Waals surface area contributed by atoms with Crippen molar-refractivity contribution >= 4 is 16.3 Å². The van der Waals surface area contributed by atoms with Crippen molar-refractivity contribution in [2.24, 2.45) is 0 Å². The van der Waals surface area contributed by atoms with Gasteiger partial charge in [0, 0.05) is 45.8 Å². The van der Waals surface area contributed by atoms with Crippen molar-refractivity contribution in [3.05, 3.63) is 35.9 Å². The molecule has 2 fully saturated rings. The molecule has 0 spiro atoms. The Morgan fingerprint density at radius 2 is 1.79 bits per heavy atom. The zero-order valence-electron chi connectivity index (χ0n) is 16.0. The number of hydrogen-bond donors (Lipinski definition) is 1. The van der Waals surface area contributed by atoms with Crippen LogP contribution in [0.5, 0.6) is 0 Å². The van der Waals surface area contributed by atoms with Crippen molar-refractivity contribution < 1.29 is 22.7 Å². The Morgan fingerprint density at radius 1 is 1.11 bits per heavy atom. The molecule has 2 aliphatic rings. The molecular formula is C18H28N4O5S. The second kappa shape index (κ2) is 10.2. The summed E-state index contributed by atoms with van der Waals surface area (Å²) in [6, 6.07) is 9.21. The van der Waals surface area contributed by atoms with Crippen molar-refractivity contribution in [2.75, 3.05) is 65.6 Å². The van der Waals surface area contributed by atoms with E-state index in [4.69, 9.17) is 9.47 Å². The molecule has 2 aliphatic heterocycles. The average molecular weight is 413 g/mol. The quantitative estimate of drug-likeness (QED) is 0.680. The van der Waals surface area contributed by atoms with Crippen LogP contribution < -0.4 is 5.32 Å². The van der Waals surface area contributed by atoms with Crippen molar-refractivity contribution in [2.45, 2.75) is 6.61 Å². The Hall–Kier alpha value is -1.72. The molecule has 0 aromatic heterocycles. The molecule has 1 aromatic carbocycles. The van der Waals surface area contributed by atoms with Crippen LogP contribution in [-0.4, -0.2) is 93.6 Å². The first-order chi connectivity index (χ1) is 13.6. The van der Waals surface area contributed by atoms with E-state index in [1.165, 1.54) is 4.31 Å². The number of rotatable bonds is 7. The van der Waals surface area contributed by atoms with Gasteiger partial charge >= 0.3 is 16.3 Å². The van der Waals surface area contributed by atoms with Crippen LogP contribution in [0.2, 0.25) is 0 Å². The predicted octanol–water partition coefficient (Wildman–Crippen LogP) is 0.107. The van der Waals surface area contributed by atoms with Gasteiger partial charge in [-0.3, -0.25) is 4.90 Å². The first-order valence-corrected chi connectivity index (χ1v) is 11.0. The van der Waals surface area contributed by atoms with Crippen molar-refractivity contribution in [1.82, 2.24) is 18.8 Å². The topological polar surface area (TPSA) is 91.4 Å². The lowest BCUT2D eigenvalue weighted by atomic mass is 10.2. The van der Waals surface area contributed by atoms with Crippen LogP contribution in [0, 0.1) is 0 Å². The smallest absolute Gasteiger partial charge is 0.424 e. The number of nitrogens with one attached hydrogen (secondary N) is 1. The van der Waals surface area contributed by atoms with Crippen LogP contribution in [0.25, 0.3) is 0 Å². The van der Waals surface area contributed by atoms with Gasteiger partial charge in [0.25, 0.3) is 0 Å². The molecule has 0 saturated carbocycles. The monoisotopic (exact) mass is 412 g/mol. The molecular weight excluding hydrogens is 384 g/mol. The fraction of sp³-hybridized carbons (Fsp3) is 0.611. The zero-order chi connectivity index (χ0) is 19.8. The number of carbonyl (C=O) groups excluding carboxylic acids is 1.